The first-order chi connectivity index (χ1) is 14.8. The van der Waals surface area contributed by atoms with E-state index in [1.807, 2.05) is 39.0 Å². The van der Waals surface area contributed by atoms with Crippen molar-refractivity contribution >= 4 is 23.6 Å². The number of hydrogen-bond donors (Lipinski definition) is 2. The van der Waals surface area contributed by atoms with Crippen molar-refractivity contribution < 1.29 is 9.59 Å². The number of carbonyl (C=O) groups is 2. The number of nitrogens with zero attached hydrogens (tertiary/aromatic N) is 2. The third-order valence-corrected chi connectivity index (χ3v) is 5.74. The molecule has 0 spiro atoms. The first kappa shape index (κ1) is 24.5. The average molecular weight is 425 g/mol. The van der Waals surface area contributed by atoms with Crippen LogP contribution in [0.5, 0.6) is 0 Å². The summed E-state index contributed by atoms with van der Waals surface area (Å²) in [6, 6.07) is 5.50. The van der Waals surface area contributed by atoms with E-state index in [9.17, 15) is 9.59 Å². The molecule has 0 aromatic heterocycles. The summed E-state index contributed by atoms with van der Waals surface area (Å²) in [5.74, 6) is -0.492. The average Bonchev–Trinajstić information content (AvgIpc) is 2.98. The maximum Gasteiger partial charge on any atom is 0.270 e. The van der Waals surface area contributed by atoms with Gasteiger partial charge in [-0.1, -0.05) is 31.7 Å². The summed E-state index contributed by atoms with van der Waals surface area (Å²) in [6.45, 7) is 11.4. The van der Waals surface area contributed by atoms with Crippen LogP contribution in [0.1, 0.15) is 56.2 Å². The molecule has 0 aliphatic carbocycles. The molecule has 6 nitrogen and oxygen atoms in total. The van der Waals surface area contributed by atoms with Gasteiger partial charge in [-0.2, -0.15) is 0 Å². The number of nitrogens with one attached hydrogen (secondary N) is 2. The number of likely N-dealkylation sites (N-methyl/N-ethyl adjacent to an activating group) is 2. The van der Waals surface area contributed by atoms with Gasteiger partial charge in [0.2, 0.25) is 5.91 Å². The molecule has 2 N–H and O–H groups in total. The second kappa shape index (κ2) is 11.6. The number of amides is 2. The fourth-order valence-corrected chi connectivity index (χ4v) is 3.80. The summed E-state index contributed by atoms with van der Waals surface area (Å²) >= 11 is 0. The van der Waals surface area contributed by atoms with E-state index in [0.717, 1.165) is 53.8 Å². The zero-order valence-electron chi connectivity index (χ0n) is 19.5. The largest absolute Gasteiger partial charge is 0.357 e. The molecule has 0 bridgehead atoms. The highest BCUT2D eigenvalue weighted by atomic mass is 16.2. The monoisotopic (exact) mass is 424 g/mol. The zero-order valence-corrected chi connectivity index (χ0v) is 19.5. The van der Waals surface area contributed by atoms with Gasteiger partial charge in [0, 0.05) is 19.3 Å². The summed E-state index contributed by atoms with van der Waals surface area (Å²) in [5.41, 5.74) is 5.38. The summed E-state index contributed by atoms with van der Waals surface area (Å²) in [7, 11) is 3.64. The zero-order chi connectivity index (χ0) is 23.0. The number of aliphatic imine (C=N–C) groups is 1. The minimum absolute atomic E-state index is 0.200. The molecule has 1 saturated heterocycles. The molecule has 6 heteroatoms. The van der Waals surface area contributed by atoms with Gasteiger partial charge >= 0.3 is 0 Å². The minimum atomic E-state index is -0.582. The van der Waals surface area contributed by atoms with Crippen LogP contribution in [0.25, 0.3) is 6.08 Å². The van der Waals surface area contributed by atoms with Crippen LogP contribution in [-0.4, -0.2) is 55.7 Å². The number of benzene rings is 1. The van der Waals surface area contributed by atoms with Gasteiger partial charge in [0.25, 0.3) is 5.91 Å². The Kier molecular flexibility index (Phi) is 9.19. The van der Waals surface area contributed by atoms with E-state index in [0.29, 0.717) is 18.7 Å². The molecule has 31 heavy (non-hydrogen) atoms. The maximum absolute atomic E-state index is 13.3. The molecule has 1 atom stereocenters. The maximum atomic E-state index is 13.3. The smallest absolute Gasteiger partial charge is 0.270 e. The van der Waals surface area contributed by atoms with Crippen molar-refractivity contribution in [2.75, 3.05) is 27.2 Å². The molecule has 0 saturated carbocycles. The Morgan fingerprint density at radius 1 is 1.32 bits per heavy atom. The molecule has 1 heterocycles. The van der Waals surface area contributed by atoms with Crippen LogP contribution in [0.3, 0.4) is 0 Å². The lowest BCUT2D eigenvalue weighted by Gasteiger charge is -2.19. The van der Waals surface area contributed by atoms with Crippen molar-refractivity contribution in [2.24, 2.45) is 4.99 Å². The van der Waals surface area contributed by atoms with E-state index in [4.69, 9.17) is 4.99 Å². The quantitative estimate of drug-likeness (QED) is 0.520. The molecule has 1 aromatic rings. The molecule has 1 aromatic carbocycles. The van der Waals surface area contributed by atoms with Crippen LogP contribution in [0.4, 0.5) is 0 Å². The van der Waals surface area contributed by atoms with Gasteiger partial charge < -0.3 is 15.5 Å². The number of aryl methyl sites for hydroxylation is 1. The van der Waals surface area contributed by atoms with Gasteiger partial charge in [0.15, 0.2) is 0 Å². The van der Waals surface area contributed by atoms with Crippen molar-refractivity contribution in [2.45, 2.75) is 52.5 Å². The van der Waals surface area contributed by atoms with E-state index in [2.05, 4.69) is 35.2 Å². The van der Waals surface area contributed by atoms with Crippen LogP contribution in [0.15, 0.2) is 41.0 Å². The first-order valence-electron chi connectivity index (χ1n) is 11.0. The lowest BCUT2D eigenvalue weighted by molar-refractivity contribution is -0.127. The standard InChI is InChI=1S/C25H36N4O2/c1-7-19-12-13-20(15-17(19)3)18(4)27-23(21-11-9-10-14-29(6)16-21)25(31)28-22(8-2)24(30)26-5/h7,12-13,15,22H,1,8-11,14,16H2,2-6H3,(H,26,30)(H,28,31)/b23-21+,27-18?/t22-/m0/s1. The molecule has 0 unspecified atom stereocenters. The van der Waals surface area contributed by atoms with Crippen LogP contribution in [-0.2, 0) is 9.59 Å². The second-order valence-corrected chi connectivity index (χ2v) is 8.17. The summed E-state index contributed by atoms with van der Waals surface area (Å²) in [4.78, 5) is 32.5. The highest BCUT2D eigenvalue weighted by Crippen LogP contribution is 2.21. The highest BCUT2D eigenvalue weighted by molar-refractivity contribution is 6.05. The molecule has 168 valence electrons. The molecule has 1 aliphatic rings. The van der Waals surface area contributed by atoms with Crippen LogP contribution < -0.4 is 10.6 Å². The van der Waals surface area contributed by atoms with Crippen LogP contribution in [0, 0.1) is 6.92 Å². The van der Waals surface area contributed by atoms with Gasteiger partial charge in [-0.25, -0.2) is 4.99 Å². The molecule has 0 radical (unpaired) electrons. The normalized spacial score (nSPS) is 18.0. The van der Waals surface area contributed by atoms with E-state index >= 15 is 0 Å². The first-order valence-corrected chi connectivity index (χ1v) is 11.0. The number of likely N-dealkylation sites (tertiary alicyclic amines) is 1. The number of hydrogen-bond acceptors (Lipinski definition) is 4. The molecule has 1 aliphatic heterocycles. The molecule has 1 fully saturated rings. The highest BCUT2D eigenvalue weighted by Gasteiger charge is 2.23. The van der Waals surface area contributed by atoms with Gasteiger partial charge in [-0.3, -0.25) is 9.59 Å². The van der Waals surface area contributed by atoms with Gasteiger partial charge in [-0.15, -0.1) is 0 Å². The Labute approximate surface area is 186 Å². The van der Waals surface area contributed by atoms with Crippen molar-refractivity contribution in [3.8, 4) is 0 Å². The van der Waals surface area contributed by atoms with E-state index < -0.39 is 6.04 Å². The van der Waals surface area contributed by atoms with Crippen molar-refractivity contribution in [3.05, 3.63) is 52.7 Å². The Morgan fingerprint density at radius 2 is 2.06 bits per heavy atom. The fourth-order valence-electron chi connectivity index (χ4n) is 3.80. The molecule has 2 amide bonds. The van der Waals surface area contributed by atoms with Gasteiger partial charge in [0.1, 0.15) is 11.7 Å². The van der Waals surface area contributed by atoms with Crippen molar-refractivity contribution in [1.29, 1.82) is 0 Å². The lowest BCUT2D eigenvalue weighted by atomic mass is 10.0. The summed E-state index contributed by atoms with van der Waals surface area (Å²) in [6.07, 6.45) is 5.28. The van der Waals surface area contributed by atoms with E-state index in [1.54, 1.807) is 7.05 Å². The van der Waals surface area contributed by atoms with Crippen molar-refractivity contribution in [3.63, 3.8) is 0 Å². The van der Waals surface area contributed by atoms with Gasteiger partial charge in [0.05, 0.1) is 0 Å². The third-order valence-electron chi connectivity index (χ3n) is 5.74. The Hall–Kier alpha value is -2.73. The molecular formula is C25H36N4O2. The number of rotatable bonds is 7. The third kappa shape index (κ3) is 6.62. The number of carbonyl (C=O) groups excluding carboxylic acids is 2. The Bertz CT molecular complexity index is 886. The van der Waals surface area contributed by atoms with Crippen LogP contribution in [0.2, 0.25) is 0 Å². The lowest BCUT2D eigenvalue weighted by Crippen LogP contribution is -2.46. The fraction of sp³-hybridized carbons (Fsp3) is 0.480. The van der Waals surface area contributed by atoms with E-state index in [1.165, 1.54) is 0 Å². The summed E-state index contributed by atoms with van der Waals surface area (Å²) in [5, 5.41) is 5.51. The Balaban J connectivity index is 2.47. The Morgan fingerprint density at radius 3 is 2.68 bits per heavy atom. The van der Waals surface area contributed by atoms with Crippen molar-refractivity contribution in [1.82, 2.24) is 15.5 Å². The topological polar surface area (TPSA) is 73.8 Å². The predicted molar refractivity (Wildman–Crippen MR) is 128 cm³/mol. The summed E-state index contributed by atoms with van der Waals surface area (Å²) < 4.78 is 0. The SMILES string of the molecule is C=Cc1ccc(C(C)=N/C(C(=O)N[C@@H](CC)C(=O)NC)=C2\CCCCN(C)C2)cc1C. The van der Waals surface area contributed by atoms with Crippen LogP contribution >= 0.6 is 0 Å². The molecule has 2 rings (SSSR count). The van der Waals surface area contributed by atoms with Gasteiger partial charge in [-0.05, 0) is 81.5 Å². The minimum Gasteiger partial charge on any atom is -0.357 e. The molecular weight excluding hydrogens is 388 g/mol. The van der Waals surface area contributed by atoms with E-state index in [-0.39, 0.29) is 11.8 Å². The second-order valence-electron chi connectivity index (χ2n) is 8.17. The predicted octanol–water partition coefficient (Wildman–Crippen LogP) is 3.46.